The fraction of sp³-hybridized carbons (Fsp3) is 0.0294. The van der Waals surface area contributed by atoms with Crippen LogP contribution in [0, 0.1) is 0 Å². The Labute approximate surface area is 236 Å². The summed E-state index contributed by atoms with van der Waals surface area (Å²) in [5.41, 5.74) is 2.41. The van der Waals surface area contributed by atoms with Crippen LogP contribution < -0.4 is 25.3 Å². The van der Waals surface area contributed by atoms with E-state index in [0.717, 1.165) is 16.7 Å². The van der Waals surface area contributed by atoms with Crippen molar-refractivity contribution in [3.8, 4) is 0 Å². The fourth-order valence-electron chi connectivity index (χ4n) is 5.18. The summed E-state index contributed by atoms with van der Waals surface area (Å²) in [5.74, 6) is -0.234. The number of para-hydroxylation sites is 2. The van der Waals surface area contributed by atoms with Gasteiger partial charge < -0.3 is 9.24 Å². The van der Waals surface area contributed by atoms with Crippen LogP contribution in [0.2, 0.25) is 0 Å². The van der Waals surface area contributed by atoms with Gasteiger partial charge in [-0.3, -0.25) is 9.46 Å². The topological polar surface area (TPSA) is 40.6 Å². The summed E-state index contributed by atoms with van der Waals surface area (Å²) >= 11 is 0. The second kappa shape index (κ2) is 11.1. The van der Waals surface area contributed by atoms with Crippen molar-refractivity contribution in [2.75, 3.05) is 9.34 Å². The first-order chi connectivity index (χ1) is 19.6. The molecule has 1 amide bonds. The summed E-state index contributed by atoms with van der Waals surface area (Å²) in [6, 6.07) is 48.8. The molecule has 0 radical (unpaired) electrons. The quantitative estimate of drug-likeness (QED) is 0.204. The van der Waals surface area contributed by atoms with Crippen LogP contribution in [-0.4, -0.2) is 5.91 Å². The fourth-order valence-corrected chi connectivity index (χ4v) is 10.7. The lowest BCUT2D eigenvalue weighted by Crippen LogP contribution is -2.44. The number of rotatable bonds is 6. The normalized spacial score (nSPS) is 15.8. The van der Waals surface area contributed by atoms with Crippen LogP contribution in [0.1, 0.15) is 6.92 Å². The number of carbonyl (C=O) groups is 1. The summed E-state index contributed by atoms with van der Waals surface area (Å²) in [6.45, 7) is 1.94. The highest BCUT2D eigenvalue weighted by Gasteiger charge is 2.48. The van der Waals surface area contributed by atoms with Gasteiger partial charge in [-0.1, -0.05) is 127 Å². The largest absolute Gasteiger partial charge is 0.308 e. The molecule has 5 aromatic carbocycles. The molecule has 0 N–H and O–H groups in total. The van der Waals surface area contributed by atoms with Crippen LogP contribution >= 0.6 is 15.4 Å². The second-order valence-electron chi connectivity index (χ2n) is 9.44. The van der Waals surface area contributed by atoms with E-state index >= 15 is 4.57 Å². The Morgan fingerprint density at radius 3 is 1.35 bits per heavy atom. The molecule has 0 saturated carbocycles. The molecule has 6 rings (SSSR count). The van der Waals surface area contributed by atoms with Gasteiger partial charge in [0.15, 0.2) is 7.14 Å². The van der Waals surface area contributed by atoms with E-state index in [9.17, 15) is 4.79 Å². The SMILES string of the molecule is CC1=C(P(=O)(c2ccccc2)c2ccccc2)C(=O)N(c2ccccc2)P(c2ccccc2)N1c1ccccc1. The molecule has 0 fully saturated rings. The third-order valence-electron chi connectivity index (χ3n) is 6.98. The van der Waals surface area contributed by atoms with E-state index in [1.165, 1.54) is 0 Å². The molecule has 196 valence electrons. The molecule has 6 heteroatoms. The minimum Gasteiger partial charge on any atom is -0.308 e. The molecule has 1 heterocycles. The highest BCUT2D eigenvalue weighted by Crippen LogP contribution is 2.62. The summed E-state index contributed by atoms with van der Waals surface area (Å²) < 4.78 is 19.7. The van der Waals surface area contributed by atoms with Crippen LogP contribution in [0.4, 0.5) is 11.4 Å². The van der Waals surface area contributed by atoms with Gasteiger partial charge in [-0.2, -0.15) is 0 Å². The van der Waals surface area contributed by atoms with Gasteiger partial charge in [0, 0.05) is 33.0 Å². The lowest BCUT2D eigenvalue weighted by Gasteiger charge is -2.46. The average Bonchev–Trinajstić information content (AvgIpc) is 3.03. The van der Waals surface area contributed by atoms with Gasteiger partial charge in [0.2, 0.25) is 0 Å². The zero-order chi connectivity index (χ0) is 27.5. The molecule has 0 aromatic heterocycles. The van der Waals surface area contributed by atoms with Crippen LogP contribution in [0.3, 0.4) is 0 Å². The molecule has 1 aliphatic heterocycles. The number of benzene rings is 5. The van der Waals surface area contributed by atoms with Crippen molar-refractivity contribution in [3.63, 3.8) is 0 Å². The van der Waals surface area contributed by atoms with E-state index in [2.05, 4.69) is 16.8 Å². The predicted octanol–water partition coefficient (Wildman–Crippen LogP) is 7.42. The van der Waals surface area contributed by atoms with Crippen molar-refractivity contribution in [1.29, 1.82) is 0 Å². The Hall–Kier alpha value is -4.23. The first kappa shape index (κ1) is 26.0. The van der Waals surface area contributed by atoms with Gasteiger partial charge in [-0.05, 0) is 31.2 Å². The maximum atomic E-state index is 15.7. The minimum atomic E-state index is -3.59. The number of anilines is 2. The molecule has 4 nitrogen and oxygen atoms in total. The maximum Gasteiger partial charge on any atom is 0.269 e. The zero-order valence-corrected chi connectivity index (χ0v) is 23.8. The van der Waals surface area contributed by atoms with Gasteiger partial charge in [0.1, 0.15) is 13.5 Å². The lowest BCUT2D eigenvalue weighted by atomic mass is 10.3. The summed E-state index contributed by atoms with van der Waals surface area (Å²) in [7, 11) is -4.99. The number of allylic oxidation sites excluding steroid dienone is 1. The van der Waals surface area contributed by atoms with Crippen molar-refractivity contribution in [1.82, 2.24) is 0 Å². The monoisotopic (exact) mass is 558 g/mol. The molecule has 0 aliphatic carbocycles. The third kappa shape index (κ3) is 4.50. The minimum absolute atomic E-state index is 0.234. The van der Waals surface area contributed by atoms with Crippen LogP contribution in [0.15, 0.2) is 163 Å². The maximum absolute atomic E-state index is 15.7. The number of nitrogens with zero attached hydrogens (tertiary/aromatic N) is 2. The summed E-state index contributed by atoms with van der Waals surface area (Å²) in [6.07, 6.45) is 0. The average molecular weight is 559 g/mol. The standard InChI is InChI=1S/C34H28N2O2P2/c1-27-33(40(38,31-23-13-5-14-24-31)32-25-15-6-16-26-32)34(37)36(29-19-9-3-10-20-29)39(30-21-11-4-12-22-30)35(27)28-17-7-2-8-18-28/h2-26H,1H3. The Balaban J connectivity index is 1.71. The molecule has 0 saturated heterocycles. The molecule has 1 atom stereocenters. The summed E-state index contributed by atoms with van der Waals surface area (Å²) in [5, 5.41) is 2.62. The van der Waals surface area contributed by atoms with Gasteiger partial charge >= 0.3 is 0 Å². The predicted molar refractivity (Wildman–Crippen MR) is 168 cm³/mol. The second-order valence-corrected chi connectivity index (χ2v) is 14.0. The number of hydrogen-bond donors (Lipinski definition) is 0. The molecule has 0 bridgehead atoms. The number of hydrogen-bond acceptors (Lipinski definition) is 3. The highest BCUT2D eigenvalue weighted by atomic mass is 31.2. The number of carbonyl (C=O) groups excluding carboxylic acids is 1. The molecule has 40 heavy (non-hydrogen) atoms. The van der Waals surface area contributed by atoms with Crippen molar-refractivity contribution >= 4 is 48.6 Å². The number of amides is 1. The van der Waals surface area contributed by atoms with E-state index in [1.54, 1.807) is 0 Å². The molecular formula is C34H28N2O2P2. The van der Waals surface area contributed by atoms with Gasteiger partial charge in [0.25, 0.3) is 5.91 Å². The Morgan fingerprint density at radius 1 is 0.525 bits per heavy atom. The first-order valence-electron chi connectivity index (χ1n) is 13.1. The van der Waals surface area contributed by atoms with Crippen molar-refractivity contribution < 1.29 is 9.36 Å². The van der Waals surface area contributed by atoms with E-state index < -0.39 is 15.4 Å². The third-order valence-corrected chi connectivity index (χ3v) is 12.6. The van der Waals surface area contributed by atoms with Crippen molar-refractivity contribution in [2.24, 2.45) is 0 Å². The molecule has 0 spiro atoms. The first-order valence-corrected chi connectivity index (χ1v) is 16.1. The highest BCUT2D eigenvalue weighted by molar-refractivity contribution is 7.84. The van der Waals surface area contributed by atoms with E-state index in [4.69, 9.17) is 0 Å². The molecule has 1 aliphatic rings. The van der Waals surface area contributed by atoms with Crippen molar-refractivity contribution in [3.05, 3.63) is 163 Å². The summed E-state index contributed by atoms with van der Waals surface area (Å²) in [4.78, 5) is 15.0. The van der Waals surface area contributed by atoms with E-state index in [1.807, 2.05) is 151 Å². The molecular weight excluding hydrogens is 530 g/mol. The van der Waals surface area contributed by atoms with Crippen LogP contribution in [-0.2, 0) is 9.36 Å². The lowest BCUT2D eigenvalue weighted by molar-refractivity contribution is -0.113. The Bertz CT molecular complexity index is 1650. The Morgan fingerprint density at radius 2 is 0.900 bits per heavy atom. The molecule has 1 unspecified atom stereocenters. The van der Waals surface area contributed by atoms with Gasteiger partial charge in [0.05, 0.1) is 0 Å². The Kier molecular flexibility index (Phi) is 7.22. The van der Waals surface area contributed by atoms with Gasteiger partial charge in [-0.25, -0.2) is 0 Å². The zero-order valence-electron chi connectivity index (χ0n) is 22.0. The molecule has 5 aromatic rings. The van der Waals surface area contributed by atoms with Crippen LogP contribution in [0.5, 0.6) is 0 Å². The van der Waals surface area contributed by atoms with Gasteiger partial charge in [-0.15, -0.1) is 0 Å². The van der Waals surface area contributed by atoms with E-state index in [-0.39, 0.29) is 5.91 Å². The van der Waals surface area contributed by atoms with Crippen molar-refractivity contribution in [2.45, 2.75) is 6.92 Å². The smallest absolute Gasteiger partial charge is 0.269 e. The van der Waals surface area contributed by atoms with Crippen LogP contribution in [0.25, 0.3) is 0 Å². The van der Waals surface area contributed by atoms with E-state index in [0.29, 0.717) is 21.6 Å².